The first-order valence-electron chi connectivity index (χ1n) is 22.5. The topological polar surface area (TPSA) is 254 Å². The van der Waals surface area contributed by atoms with E-state index < -0.39 is 90.7 Å². The average molecular weight is 865 g/mol. The maximum atomic E-state index is 14.3. The number of ether oxygens (including phenoxy) is 4. The number of hydrogen-bond donors (Lipinski definition) is 9. The van der Waals surface area contributed by atoms with Crippen LogP contribution >= 0.6 is 0 Å². The van der Waals surface area contributed by atoms with Gasteiger partial charge in [-0.05, 0) is 111 Å². The minimum atomic E-state index is -1.65. The molecular weight excluding hydrogens is 792 g/mol. The molecule has 0 aromatic carbocycles. The van der Waals surface area contributed by atoms with Crippen molar-refractivity contribution >= 4 is 17.8 Å². The van der Waals surface area contributed by atoms with Crippen molar-refractivity contribution in [1.29, 1.82) is 0 Å². The van der Waals surface area contributed by atoms with Crippen molar-refractivity contribution in [1.82, 2.24) is 10.6 Å². The van der Waals surface area contributed by atoms with Crippen LogP contribution in [0.4, 0.5) is 0 Å². The van der Waals surface area contributed by atoms with Crippen LogP contribution in [-0.2, 0) is 33.3 Å². The number of nitrogens with one attached hydrogen (secondary N) is 2. The highest BCUT2D eigenvalue weighted by Gasteiger charge is 2.70. The minimum absolute atomic E-state index is 0.0107. The van der Waals surface area contributed by atoms with E-state index in [1.54, 1.807) is 0 Å². The number of carbonyl (C=O) groups excluding carboxylic acids is 2. The van der Waals surface area contributed by atoms with E-state index in [1.165, 1.54) is 12.5 Å². The van der Waals surface area contributed by atoms with Crippen LogP contribution in [0.5, 0.6) is 0 Å². The lowest BCUT2D eigenvalue weighted by Crippen LogP contribution is -2.67. The van der Waals surface area contributed by atoms with Gasteiger partial charge in [0.15, 0.2) is 12.6 Å². The van der Waals surface area contributed by atoms with Gasteiger partial charge in [-0.1, -0.05) is 53.2 Å². The first-order chi connectivity index (χ1) is 28.5. The Hall–Kier alpha value is -2.25. The van der Waals surface area contributed by atoms with Crippen LogP contribution < -0.4 is 10.6 Å². The van der Waals surface area contributed by atoms with Gasteiger partial charge in [0.25, 0.3) is 0 Å². The van der Waals surface area contributed by atoms with Crippen molar-refractivity contribution in [3.8, 4) is 0 Å². The molecule has 2 amide bonds. The largest absolute Gasteiger partial charge is 0.480 e. The molecule has 4 saturated carbocycles. The van der Waals surface area contributed by atoms with Crippen LogP contribution in [0.2, 0.25) is 0 Å². The van der Waals surface area contributed by atoms with Crippen molar-refractivity contribution in [3.63, 3.8) is 0 Å². The number of amides is 2. The third-order valence-corrected chi connectivity index (χ3v) is 17.8. The zero-order chi connectivity index (χ0) is 44.7. The lowest BCUT2D eigenvalue weighted by atomic mass is 9.33. The summed E-state index contributed by atoms with van der Waals surface area (Å²) in [6.07, 6.45) is -2.51. The summed E-state index contributed by atoms with van der Waals surface area (Å²) in [7, 11) is 0. The second-order valence-corrected chi connectivity index (χ2v) is 21.6. The maximum absolute atomic E-state index is 14.3. The molecule has 5 aliphatic carbocycles. The fraction of sp³-hybridized carbons (Fsp3) is 0.889. The number of aliphatic carboxylic acids is 1. The van der Waals surface area contributed by atoms with Gasteiger partial charge in [-0.15, -0.1) is 0 Å². The van der Waals surface area contributed by atoms with Gasteiger partial charge in [0.2, 0.25) is 11.8 Å². The minimum Gasteiger partial charge on any atom is -0.480 e. The van der Waals surface area contributed by atoms with Crippen molar-refractivity contribution in [3.05, 3.63) is 11.6 Å². The van der Waals surface area contributed by atoms with E-state index in [0.29, 0.717) is 19.3 Å². The summed E-state index contributed by atoms with van der Waals surface area (Å²) < 4.78 is 24.4. The Morgan fingerprint density at radius 2 is 1.51 bits per heavy atom. The smallest absolute Gasteiger partial charge is 0.322 e. The molecule has 61 heavy (non-hydrogen) atoms. The zero-order valence-electron chi connectivity index (χ0n) is 37.0. The van der Waals surface area contributed by atoms with Gasteiger partial charge in [0.05, 0.1) is 37.4 Å². The van der Waals surface area contributed by atoms with E-state index in [0.717, 1.165) is 44.9 Å². The SMILES string of the molecule is C[C@H]1O[C@@H](O[C@H]2[C@H](O[C@H]3CC[C@@]4(C)[C@@H](CC[C@]5(C)[C@@H]4CC=C4[C@@H]6CC(C)(C)CC[C@]6(C(=O)NCC(=O)NCC(=O)O)CC[C@]45C)[C@]3(C)CO)OC[C@H](O)[C@@H]2O)[C@H](O)[C@H](O)[C@H]1O. The Labute approximate surface area is 359 Å². The molecule has 0 aromatic heterocycles. The molecule has 9 N–H and O–H groups in total. The normalized spacial score (nSPS) is 49.2. The second-order valence-electron chi connectivity index (χ2n) is 21.6. The van der Waals surface area contributed by atoms with E-state index in [4.69, 9.17) is 24.1 Å². The molecule has 2 saturated heterocycles. The predicted molar refractivity (Wildman–Crippen MR) is 218 cm³/mol. The average Bonchev–Trinajstić information content (AvgIpc) is 3.20. The number of hydrogen-bond acceptors (Lipinski definition) is 13. The molecule has 0 aromatic rings. The van der Waals surface area contributed by atoms with E-state index in [-0.39, 0.29) is 65.1 Å². The standard InChI is InChI=1S/C45H72N2O14/c1-23-32(53)34(55)35(56)37(59-23)61-36-33(54)26(49)21-58-38(36)60-29-11-12-41(4)27(42(29,5)22-48)10-13-44(7)28(41)9-8-24-25-18-40(2,3)14-16-45(25,17-15-43(24,44)6)39(57)47-19-30(50)46-20-31(51)52/h8,23,25-29,32-38,48-49,53-56H,9-22H2,1-7H3,(H,46,50)(H,47,57)(H,51,52)/t23-,25+,26+,27-,28-,29+,32+,33+,34-,35-,36-,37+,38+,41+,42+,43-,44-,45+/m1/s1. The first-order valence-corrected chi connectivity index (χ1v) is 22.5. The number of rotatable bonds is 10. The Morgan fingerprint density at radius 3 is 2.20 bits per heavy atom. The van der Waals surface area contributed by atoms with Gasteiger partial charge in [-0.25, -0.2) is 0 Å². The van der Waals surface area contributed by atoms with Gasteiger partial charge in [-0.3, -0.25) is 14.4 Å². The molecule has 2 aliphatic heterocycles. The number of carboxylic acid groups (broad SMARTS) is 1. The molecule has 7 rings (SSSR count). The molecule has 0 radical (unpaired) electrons. The van der Waals surface area contributed by atoms with Gasteiger partial charge >= 0.3 is 5.97 Å². The molecular formula is C45H72N2O14. The van der Waals surface area contributed by atoms with Crippen LogP contribution in [0.3, 0.4) is 0 Å². The number of carboxylic acids is 1. The zero-order valence-corrected chi connectivity index (χ0v) is 37.0. The molecule has 0 spiro atoms. The fourth-order valence-electron chi connectivity index (χ4n) is 13.9. The molecule has 16 heteroatoms. The molecule has 346 valence electrons. The highest BCUT2D eigenvalue weighted by atomic mass is 16.8. The Morgan fingerprint density at radius 1 is 0.803 bits per heavy atom. The van der Waals surface area contributed by atoms with E-state index in [1.807, 2.05) is 0 Å². The quantitative estimate of drug-likeness (QED) is 0.112. The Bertz CT molecular complexity index is 1710. The lowest BCUT2D eigenvalue weighted by molar-refractivity contribution is -0.365. The summed E-state index contributed by atoms with van der Waals surface area (Å²) in [5, 5.41) is 78.8. The summed E-state index contributed by atoms with van der Waals surface area (Å²) in [5.41, 5.74) is -0.593. The second kappa shape index (κ2) is 16.6. The Balaban J connectivity index is 1.13. The van der Waals surface area contributed by atoms with Crippen LogP contribution in [0, 0.1) is 50.2 Å². The molecule has 2 heterocycles. The monoisotopic (exact) mass is 864 g/mol. The Kier molecular flexibility index (Phi) is 12.7. The highest BCUT2D eigenvalue weighted by Crippen LogP contribution is 2.76. The van der Waals surface area contributed by atoms with Crippen molar-refractivity contribution in [2.45, 2.75) is 174 Å². The summed E-state index contributed by atoms with van der Waals surface area (Å²) >= 11 is 0. The van der Waals surface area contributed by atoms with Crippen LogP contribution in [0.25, 0.3) is 0 Å². The van der Waals surface area contributed by atoms with Crippen LogP contribution in [-0.4, -0.2) is 141 Å². The third-order valence-electron chi connectivity index (χ3n) is 17.8. The summed E-state index contributed by atoms with van der Waals surface area (Å²) in [5.74, 6) is -1.54. The lowest BCUT2D eigenvalue weighted by Gasteiger charge is -2.71. The summed E-state index contributed by atoms with van der Waals surface area (Å²) in [6, 6.07) is 0. The molecule has 7 aliphatic rings. The van der Waals surface area contributed by atoms with Crippen molar-refractivity contribution in [2.75, 3.05) is 26.3 Å². The molecule has 0 unspecified atom stereocenters. The van der Waals surface area contributed by atoms with E-state index in [9.17, 15) is 45.0 Å². The first kappa shape index (κ1) is 46.7. The summed E-state index contributed by atoms with van der Waals surface area (Å²) in [4.78, 5) is 37.8. The fourth-order valence-corrected chi connectivity index (χ4v) is 13.9. The van der Waals surface area contributed by atoms with Gasteiger partial charge in [-0.2, -0.15) is 0 Å². The number of aliphatic hydroxyl groups is 6. The molecule has 16 nitrogen and oxygen atoms in total. The number of carbonyl (C=O) groups is 3. The van der Waals surface area contributed by atoms with Gasteiger partial charge < -0.3 is 65.3 Å². The van der Waals surface area contributed by atoms with Gasteiger partial charge in [0.1, 0.15) is 43.2 Å². The number of aliphatic hydroxyl groups excluding tert-OH is 6. The summed E-state index contributed by atoms with van der Waals surface area (Å²) in [6.45, 7) is 14.2. The molecule has 6 fully saturated rings. The van der Waals surface area contributed by atoms with Crippen LogP contribution in [0.1, 0.15) is 113 Å². The predicted octanol–water partition coefficient (Wildman–Crippen LogP) is 1.75. The highest BCUT2D eigenvalue weighted by molar-refractivity contribution is 5.89. The maximum Gasteiger partial charge on any atom is 0.322 e. The van der Waals surface area contributed by atoms with Crippen LogP contribution in [0.15, 0.2) is 11.6 Å². The number of fused-ring (bicyclic) bond motifs is 7. The van der Waals surface area contributed by atoms with E-state index >= 15 is 0 Å². The number of allylic oxidation sites excluding steroid dienone is 2. The van der Waals surface area contributed by atoms with E-state index in [2.05, 4.69) is 58.3 Å². The molecule has 0 bridgehead atoms. The van der Waals surface area contributed by atoms with Gasteiger partial charge in [0, 0.05) is 5.41 Å². The molecule has 18 atom stereocenters. The third kappa shape index (κ3) is 7.69. The van der Waals surface area contributed by atoms with Crippen molar-refractivity contribution in [2.24, 2.45) is 50.2 Å². The van der Waals surface area contributed by atoms with Crippen molar-refractivity contribution < 1.29 is 69.1 Å².